The Kier molecular flexibility index (Phi) is 9.68. The lowest BCUT2D eigenvalue weighted by Crippen LogP contribution is -2.15. The van der Waals surface area contributed by atoms with Crippen LogP contribution in [0.2, 0.25) is 0 Å². The van der Waals surface area contributed by atoms with E-state index in [1.54, 1.807) is 12.3 Å². The second-order valence-corrected chi connectivity index (χ2v) is 5.90. The summed E-state index contributed by atoms with van der Waals surface area (Å²) in [4.78, 5) is 21.9. The van der Waals surface area contributed by atoms with Crippen molar-refractivity contribution in [2.75, 3.05) is 6.54 Å². The highest BCUT2D eigenvalue weighted by atomic mass is 16.6. The summed E-state index contributed by atoms with van der Waals surface area (Å²) in [5.41, 5.74) is -0.0256. The lowest BCUT2D eigenvalue weighted by atomic mass is 9.98. The molecule has 0 amide bonds. The first-order chi connectivity index (χ1) is 11.1. The van der Waals surface area contributed by atoms with Crippen molar-refractivity contribution in [2.45, 2.75) is 58.3 Å². The van der Waals surface area contributed by atoms with Crippen LogP contribution in [-0.2, 0) is 4.79 Å². The Morgan fingerprint density at radius 3 is 2.43 bits per heavy atom. The minimum absolute atomic E-state index is 0.0256. The molecule has 0 radical (unpaired) electrons. The van der Waals surface area contributed by atoms with E-state index >= 15 is 0 Å². The van der Waals surface area contributed by atoms with E-state index in [-0.39, 0.29) is 11.5 Å². The van der Waals surface area contributed by atoms with E-state index in [0.717, 1.165) is 13.0 Å². The van der Waals surface area contributed by atoms with Crippen molar-refractivity contribution in [3.8, 4) is 0 Å². The molecule has 0 bridgehead atoms. The van der Waals surface area contributed by atoms with Gasteiger partial charge in [-0.15, -0.1) is 0 Å². The second-order valence-electron chi connectivity index (χ2n) is 5.90. The number of unbranched alkanes of at least 4 members (excludes halogenated alkanes) is 7. The van der Waals surface area contributed by atoms with Crippen molar-refractivity contribution in [2.24, 2.45) is 5.92 Å². The lowest BCUT2D eigenvalue weighted by molar-refractivity contribution is -0.419. The highest BCUT2D eigenvalue weighted by Crippen LogP contribution is 2.15. The SMILES string of the molecule is CCCCCCCCCCNC=CC1C=C([N+](=O)[O-])C=CC1=O. The van der Waals surface area contributed by atoms with E-state index < -0.39 is 10.8 Å². The number of carbonyl (C=O) groups excluding carboxylic acids is 1. The molecule has 0 aromatic carbocycles. The van der Waals surface area contributed by atoms with Crippen molar-refractivity contribution >= 4 is 5.78 Å². The molecule has 0 aromatic rings. The average molecular weight is 320 g/mol. The molecule has 1 aliphatic carbocycles. The quantitative estimate of drug-likeness (QED) is 0.333. The minimum atomic E-state index is -0.536. The van der Waals surface area contributed by atoms with Crippen molar-refractivity contribution in [3.05, 3.63) is 46.3 Å². The Morgan fingerprint density at radius 1 is 1.13 bits per heavy atom. The molecule has 0 aliphatic heterocycles. The van der Waals surface area contributed by atoms with Gasteiger partial charge in [0.05, 0.1) is 10.8 Å². The maximum absolute atomic E-state index is 11.6. The zero-order valence-electron chi connectivity index (χ0n) is 14.0. The number of ketones is 1. The van der Waals surface area contributed by atoms with Gasteiger partial charge in [-0.2, -0.15) is 0 Å². The van der Waals surface area contributed by atoms with Crippen LogP contribution in [-0.4, -0.2) is 17.3 Å². The molecule has 1 rings (SSSR count). The Labute approximate surface area is 138 Å². The Hall–Kier alpha value is -1.91. The standard InChI is InChI=1S/C18H28N2O3/c1-2-3-4-5-6-7-8-9-13-19-14-12-16-15-17(20(22)23)10-11-18(16)21/h10-12,14-16,19H,2-9,13H2,1H3. The molecule has 23 heavy (non-hydrogen) atoms. The maximum Gasteiger partial charge on any atom is 0.266 e. The first kappa shape index (κ1) is 19.1. The van der Waals surface area contributed by atoms with Gasteiger partial charge < -0.3 is 5.32 Å². The number of rotatable bonds is 12. The molecule has 0 fully saturated rings. The van der Waals surface area contributed by atoms with Crippen LogP contribution >= 0.6 is 0 Å². The van der Waals surface area contributed by atoms with E-state index in [1.165, 1.54) is 63.2 Å². The predicted octanol–water partition coefficient (Wildman–Crippen LogP) is 4.15. The van der Waals surface area contributed by atoms with Gasteiger partial charge in [0.2, 0.25) is 0 Å². The smallest absolute Gasteiger partial charge is 0.266 e. The van der Waals surface area contributed by atoms with Gasteiger partial charge in [0, 0.05) is 18.7 Å². The number of allylic oxidation sites excluding steroid dienone is 4. The van der Waals surface area contributed by atoms with Gasteiger partial charge >= 0.3 is 0 Å². The van der Waals surface area contributed by atoms with E-state index in [4.69, 9.17) is 0 Å². The normalized spacial score (nSPS) is 17.5. The maximum atomic E-state index is 11.6. The van der Waals surface area contributed by atoms with Crippen molar-refractivity contribution in [3.63, 3.8) is 0 Å². The third kappa shape index (κ3) is 8.33. The van der Waals surface area contributed by atoms with Crippen LogP contribution in [0.1, 0.15) is 58.3 Å². The highest BCUT2D eigenvalue weighted by molar-refractivity contribution is 5.95. The molecule has 1 atom stereocenters. The number of carbonyl (C=O) groups is 1. The molecule has 0 heterocycles. The van der Waals surface area contributed by atoms with E-state index in [1.807, 2.05) is 0 Å². The van der Waals surface area contributed by atoms with E-state index in [2.05, 4.69) is 12.2 Å². The molecular weight excluding hydrogens is 292 g/mol. The summed E-state index contributed by atoms with van der Waals surface area (Å²) in [5.74, 6) is -0.660. The van der Waals surface area contributed by atoms with Crippen LogP contribution in [0.15, 0.2) is 36.2 Å². The van der Waals surface area contributed by atoms with Crippen LogP contribution in [0.4, 0.5) is 0 Å². The van der Waals surface area contributed by atoms with Crippen molar-refractivity contribution in [1.29, 1.82) is 0 Å². The highest BCUT2D eigenvalue weighted by Gasteiger charge is 2.20. The third-order valence-electron chi connectivity index (χ3n) is 3.90. The monoisotopic (exact) mass is 320 g/mol. The molecule has 5 nitrogen and oxygen atoms in total. The molecule has 128 valence electrons. The number of hydrogen-bond donors (Lipinski definition) is 1. The molecular formula is C18H28N2O3. The van der Waals surface area contributed by atoms with Crippen LogP contribution in [0.25, 0.3) is 0 Å². The van der Waals surface area contributed by atoms with Crippen LogP contribution < -0.4 is 5.32 Å². The van der Waals surface area contributed by atoms with Gasteiger partial charge in [0.1, 0.15) is 0 Å². The van der Waals surface area contributed by atoms with Crippen molar-refractivity contribution < 1.29 is 9.72 Å². The molecule has 0 spiro atoms. The fourth-order valence-corrected chi connectivity index (χ4v) is 2.49. The first-order valence-corrected chi connectivity index (χ1v) is 8.63. The van der Waals surface area contributed by atoms with Crippen molar-refractivity contribution in [1.82, 2.24) is 5.32 Å². The largest absolute Gasteiger partial charge is 0.391 e. The average Bonchev–Trinajstić information content (AvgIpc) is 2.54. The van der Waals surface area contributed by atoms with Gasteiger partial charge in [-0.1, -0.05) is 57.9 Å². The van der Waals surface area contributed by atoms with Crippen LogP contribution in [0, 0.1) is 16.0 Å². The molecule has 1 unspecified atom stereocenters. The first-order valence-electron chi connectivity index (χ1n) is 8.63. The zero-order valence-corrected chi connectivity index (χ0v) is 14.0. The fourth-order valence-electron chi connectivity index (χ4n) is 2.49. The number of nitrogens with zero attached hydrogens (tertiary/aromatic N) is 1. The summed E-state index contributed by atoms with van der Waals surface area (Å²) in [6.07, 6.45) is 17.5. The van der Waals surface area contributed by atoms with E-state index in [9.17, 15) is 14.9 Å². The second kappa shape index (κ2) is 11.6. The van der Waals surface area contributed by atoms with Gasteiger partial charge in [-0.3, -0.25) is 14.9 Å². The fraction of sp³-hybridized carbons (Fsp3) is 0.611. The summed E-state index contributed by atoms with van der Waals surface area (Å²) >= 11 is 0. The number of hydrogen-bond acceptors (Lipinski definition) is 4. The summed E-state index contributed by atoms with van der Waals surface area (Å²) in [6, 6.07) is 0. The summed E-state index contributed by atoms with van der Waals surface area (Å²) in [5, 5.41) is 13.9. The summed E-state index contributed by atoms with van der Waals surface area (Å²) < 4.78 is 0. The number of nitro groups is 1. The zero-order chi connectivity index (χ0) is 16.9. The molecule has 1 N–H and O–H groups in total. The Bertz CT molecular complexity index is 467. The third-order valence-corrected chi connectivity index (χ3v) is 3.90. The Balaban J connectivity index is 2.11. The lowest BCUT2D eigenvalue weighted by Gasteiger charge is -2.07. The van der Waals surface area contributed by atoms with Gasteiger partial charge in [-0.25, -0.2) is 0 Å². The molecule has 0 aromatic heterocycles. The predicted molar refractivity (Wildman–Crippen MR) is 92.5 cm³/mol. The topological polar surface area (TPSA) is 72.2 Å². The van der Waals surface area contributed by atoms with Crippen LogP contribution in [0.5, 0.6) is 0 Å². The molecule has 1 aliphatic rings. The summed E-state index contributed by atoms with van der Waals surface area (Å²) in [6.45, 7) is 3.10. The Morgan fingerprint density at radius 2 is 1.78 bits per heavy atom. The molecule has 0 saturated carbocycles. The van der Waals surface area contributed by atoms with E-state index in [0.29, 0.717) is 0 Å². The van der Waals surface area contributed by atoms with Gasteiger partial charge in [0.15, 0.2) is 5.78 Å². The molecule has 5 heteroatoms. The summed E-state index contributed by atoms with van der Waals surface area (Å²) in [7, 11) is 0. The minimum Gasteiger partial charge on any atom is -0.391 e. The number of nitrogens with one attached hydrogen (secondary N) is 1. The molecule has 0 saturated heterocycles. The van der Waals surface area contributed by atoms with Gasteiger partial charge in [0.25, 0.3) is 5.70 Å². The van der Waals surface area contributed by atoms with Gasteiger partial charge in [-0.05, 0) is 18.7 Å². The van der Waals surface area contributed by atoms with Crippen LogP contribution in [0.3, 0.4) is 0 Å².